The molecule has 2 amide bonds. The maximum Gasteiger partial charge on any atom is 0.270 e. The van der Waals surface area contributed by atoms with Crippen molar-refractivity contribution >= 4 is 111 Å². The number of amides is 2. The van der Waals surface area contributed by atoms with E-state index >= 15 is 0 Å². The second-order valence-electron chi connectivity index (χ2n) is 24.3. The Hall–Kier alpha value is -6.56. The van der Waals surface area contributed by atoms with Crippen LogP contribution in [0.15, 0.2) is 182 Å². The molecule has 2 saturated heterocycles. The maximum absolute atomic E-state index is 13.9. The van der Waals surface area contributed by atoms with Crippen LogP contribution in [0.1, 0.15) is 137 Å². The second kappa shape index (κ2) is 32.3. The molecule has 0 bridgehead atoms. The Kier molecular flexibility index (Phi) is 24.0. The Labute approximate surface area is 581 Å². The quantitative estimate of drug-likeness (QED) is 0.0712. The summed E-state index contributed by atoms with van der Waals surface area (Å²) in [5.74, 6) is 0.144. The Morgan fingerprint density at radius 3 is 1.24 bits per heavy atom. The van der Waals surface area contributed by atoms with Gasteiger partial charge in [0.05, 0.1) is 50.1 Å². The summed E-state index contributed by atoms with van der Waals surface area (Å²) in [6.07, 6.45) is 19.6. The minimum absolute atomic E-state index is 0. The summed E-state index contributed by atoms with van der Waals surface area (Å²) < 4.78 is 4.29. The highest BCUT2D eigenvalue weighted by Gasteiger charge is 2.45. The average molecular weight is 1410 g/mol. The molecular formula is C78H83BrCl4N6O3P+. The summed E-state index contributed by atoms with van der Waals surface area (Å²) in [5, 5.41) is 15.1. The van der Waals surface area contributed by atoms with Crippen molar-refractivity contribution in [2.24, 2.45) is 0 Å². The molecule has 9 aromatic rings. The summed E-state index contributed by atoms with van der Waals surface area (Å²) in [7, 11) is -1.57. The van der Waals surface area contributed by atoms with Gasteiger partial charge in [-0.3, -0.25) is 24.4 Å². The first kappa shape index (κ1) is 69.3. The molecule has 0 aliphatic carbocycles. The number of aldehydes is 1. The second-order valence-corrected chi connectivity index (χ2v) is 29.6. The van der Waals surface area contributed by atoms with Gasteiger partial charge in [-0.05, 0) is 153 Å². The van der Waals surface area contributed by atoms with Gasteiger partial charge in [-0.2, -0.15) is 0 Å². The Morgan fingerprint density at radius 1 is 0.473 bits per heavy atom. The molecule has 0 radical (unpaired) electrons. The van der Waals surface area contributed by atoms with Gasteiger partial charge in [0, 0.05) is 79.1 Å². The smallest absolute Gasteiger partial charge is 0.270 e. The molecule has 2 aromatic heterocycles. The van der Waals surface area contributed by atoms with Crippen LogP contribution in [0.2, 0.25) is 20.1 Å². The zero-order valence-corrected chi connectivity index (χ0v) is 59.3. The molecule has 0 atom stereocenters. The number of hydrazine groups is 2. The van der Waals surface area contributed by atoms with Gasteiger partial charge in [-0.25, -0.2) is 10.0 Å². The Balaban J connectivity index is 0.000000155. The van der Waals surface area contributed by atoms with Crippen LogP contribution in [0.4, 0.5) is 0 Å². The maximum atomic E-state index is 13.9. The molecule has 0 unspecified atom stereocenters. The number of benzene rings is 7. The number of piperidine rings is 2. The number of aromatic nitrogens is 2. The van der Waals surface area contributed by atoms with Crippen LogP contribution in [0.3, 0.4) is 0 Å². The number of halogens is 5. The zero-order chi connectivity index (χ0) is 64.3. The normalized spacial score (nSPS) is 15.2. The van der Waals surface area contributed by atoms with Crippen LogP contribution in [0.5, 0.6) is 0 Å². The predicted molar refractivity (Wildman–Crippen MR) is 397 cm³/mol. The number of allylic oxidation sites excluding steroid dienone is 1. The first-order valence-corrected chi connectivity index (χ1v) is 36.3. The van der Waals surface area contributed by atoms with E-state index in [-0.39, 0.29) is 28.8 Å². The molecule has 4 aliphatic rings. The van der Waals surface area contributed by atoms with Crippen LogP contribution in [-0.2, 0) is 12.8 Å². The van der Waals surface area contributed by atoms with Crippen LogP contribution in [0.25, 0.3) is 40.0 Å². The third-order valence-electron chi connectivity index (χ3n) is 18.4. The highest BCUT2D eigenvalue weighted by Crippen LogP contribution is 2.56. The van der Waals surface area contributed by atoms with Gasteiger partial charge >= 0.3 is 0 Å². The fraction of sp³-hybridized carbons (Fsp3) is 0.295. The zero-order valence-electron chi connectivity index (χ0n) is 53.7. The molecule has 9 nitrogen and oxygen atoms in total. The lowest BCUT2D eigenvalue weighted by atomic mass is 10.0. The van der Waals surface area contributed by atoms with E-state index in [1.807, 2.05) is 53.3 Å². The topological polar surface area (TPSA) is 74.0 Å². The lowest BCUT2D eigenvalue weighted by Gasteiger charge is -2.39. The number of fused-ring (bicyclic) bond motifs is 2. The SMILES string of the molecule is Br.CCC/C=C/c1ccc(-c2c(C)c3c(n2-c2ccc(Cl)cc2Cl)CCN(N2CCCCC2)C3=O)cc1.CCCC[P+](c1ccccc1)(c1ccccc1)c1ccccc1.Cc1c2c(n(-c3ccc(Cl)cc3Cl)c1-c1ccc(C=O)cc1)CCN(N1CCCCC1)C2=O. The van der Waals surface area contributed by atoms with Gasteiger partial charge in [0.15, 0.2) is 0 Å². The molecule has 4 aliphatic heterocycles. The fourth-order valence-corrected chi connectivity index (χ4v) is 19.4. The van der Waals surface area contributed by atoms with Crippen molar-refractivity contribution in [2.75, 3.05) is 45.4 Å². The Bertz CT molecular complexity index is 3960. The molecule has 482 valence electrons. The monoisotopic (exact) mass is 1400 g/mol. The van der Waals surface area contributed by atoms with Crippen molar-refractivity contribution in [2.45, 2.75) is 105 Å². The van der Waals surface area contributed by atoms with Gasteiger partial charge in [0.25, 0.3) is 11.8 Å². The van der Waals surface area contributed by atoms with E-state index in [4.69, 9.17) is 46.4 Å². The number of carbonyl (C=O) groups excluding carboxylic acids is 3. The third-order valence-corrected chi connectivity index (χ3v) is 24.0. The minimum Gasteiger partial charge on any atom is -0.311 e. The summed E-state index contributed by atoms with van der Waals surface area (Å²) in [6, 6.07) is 60.4. The molecule has 15 heteroatoms. The highest BCUT2D eigenvalue weighted by molar-refractivity contribution is 8.93. The molecule has 7 aromatic carbocycles. The van der Waals surface area contributed by atoms with Gasteiger partial charge in [-0.15, -0.1) is 17.0 Å². The molecule has 0 N–H and O–H groups in total. The molecule has 0 saturated carbocycles. The average Bonchev–Trinajstić information content (AvgIpc) is 1.63. The van der Waals surface area contributed by atoms with Crippen molar-refractivity contribution in [3.05, 3.63) is 247 Å². The van der Waals surface area contributed by atoms with Crippen molar-refractivity contribution in [3.63, 3.8) is 0 Å². The van der Waals surface area contributed by atoms with E-state index in [1.165, 1.54) is 53.3 Å². The number of rotatable bonds is 16. The number of carbonyl (C=O) groups is 3. The van der Waals surface area contributed by atoms with Crippen molar-refractivity contribution in [1.82, 2.24) is 29.2 Å². The fourth-order valence-electron chi connectivity index (χ4n) is 13.9. The lowest BCUT2D eigenvalue weighted by molar-refractivity contribution is -0.0240. The molecule has 0 spiro atoms. The minimum atomic E-state index is -1.57. The first-order valence-electron chi connectivity index (χ1n) is 32.8. The summed E-state index contributed by atoms with van der Waals surface area (Å²) >= 11 is 25.8. The van der Waals surface area contributed by atoms with E-state index in [0.717, 1.165) is 151 Å². The molecule has 2 fully saturated rings. The van der Waals surface area contributed by atoms with E-state index in [1.54, 1.807) is 24.3 Å². The number of hydrogen-bond acceptors (Lipinski definition) is 5. The largest absolute Gasteiger partial charge is 0.311 e. The number of unbranched alkanes of at least 4 members (excludes halogenated alkanes) is 2. The standard InChI is InChI=1S/C30H33Cl2N3O.C26H25Cl2N3O2.C22H24P.BrH/c1-3-4-6-9-22-10-12-23(13-11-22)29-21(2)28-27(35(29)26-15-14-24(31)20-25(26)32)16-19-34(30(28)36)33-17-7-5-8-18-33;1-17-24-23(11-14-30(26(24)33)29-12-3-2-4-13-29)31(22-10-9-20(27)15-21(22)28)25(17)19-7-5-18(16-32)6-8-19;1-2-3-19-23(20-13-7-4-8-14-20,21-15-9-5-10-16-21)22-17-11-6-12-18-22;/h6,9-15,20H,3-5,7-8,16-19H2,1-2H3;5-10,15-16H,2-4,11-14H2,1H3;4-18H,2-3,19H2,1H3;1H/q;;+1;/b9-6+;;;. The van der Waals surface area contributed by atoms with Gasteiger partial charge in [0.1, 0.15) is 29.5 Å². The first-order chi connectivity index (χ1) is 44.9. The third kappa shape index (κ3) is 15.0. The van der Waals surface area contributed by atoms with E-state index in [2.05, 4.69) is 167 Å². The van der Waals surface area contributed by atoms with Gasteiger partial charge < -0.3 is 9.13 Å². The lowest BCUT2D eigenvalue weighted by Crippen LogP contribution is -2.51. The van der Waals surface area contributed by atoms with Crippen LogP contribution < -0.4 is 15.9 Å². The van der Waals surface area contributed by atoms with Crippen LogP contribution >= 0.6 is 70.6 Å². The van der Waals surface area contributed by atoms with E-state index < -0.39 is 7.26 Å². The van der Waals surface area contributed by atoms with Crippen LogP contribution in [0, 0.1) is 13.8 Å². The van der Waals surface area contributed by atoms with Crippen LogP contribution in [-0.4, -0.2) is 92.7 Å². The summed E-state index contributed by atoms with van der Waals surface area (Å²) in [4.78, 5) is 38.9. The summed E-state index contributed by atoms with van der Waals surface area (Å²) in [6.45, 7) is 13.6. The molecule has 6 heterocycles. The summed E-state index contributed by atoms with van der Waals surface area (Å²) in [5.41, 5.74) is 12.8. The molecular weight excluding hydrogens is 1320 g/mol. The van der Waals surface area contributed by atoms with E-state index in [9.17, 15) is 14.4 Å². The molecule has 13 rings (SSSR count). The number of hydrogen-bond donors (Lipinski definition) is 0. The van der Waals surface area contributed by atoms with Crippen molar-refractivity contribution < 1.29 is 14.4 Å². The predicted octanol–water partition coefficient (Wildman–Crippen LogP) is 19.3. The van der Waals surface area contributed by atoms with Gasteiger partial charge in [-0.1, -0.05) is 201 Å². The van der Waals surface area contributed by atoms with E-state index in [0.29, 0.717) is 38.7 Å². The number of nitrogens with zero attached hydrogens (tertiary/aromatic N) is 6. The Morgan fingerprint density at radius 2 is 0.871 bits per heavy atom. The highest BCUT2D eigenvalue weighted by atomic mass is 79.9. The van der Waals surface area contributed by atoms with Gasteiger partial charge in [0.2, 0.25) is 0 Å². The van der Waals surface area contributed by atoms with Crippen molar-refractivity contribution in [1.29, 1.82) is 0 Å². The molecule has 93 heavy (non-hydrogen) atoms. The van der Waals surface area contributed by atoms with Crippen molar-refractivity contribution in [3.8, 4) is 33.9 Å².